The lowest BCUT2D eigenvalue weighted by atomic mass is 10.4. The Morgan fingerprint density at radius 2 is 1.64 bits per heavy atom. The second-order valence-corrected chi connectivity index (χ2v) is 2.88. The molecule has 2 fully saturated rings. The lowest BCUT2D eigenvalue weighted by Gasteiger charge is -2.26. The smallest absolute Gasteiger partial charge is 0.0594 e. The van der Waals surface area contributed by atoms with Gasteiger partial charge in [-0.05, 0) is 12.8 Å². The van der Waals surface area contributed by atoms with Crippen molar-refractivity contribution in [3.63, 3.8) is 0 Å². The van der Waals surface area contributed by atoms with Gasteiger partial charge in [-0.1, -0.05) is 13.8 Å². The van der Waals surface area contributed by atoms with Crippen LogP contribution >= 0.6 is 0 Å². The average molecular weight is 157 g/mol. The van der Waals surface area contributed by atoms with Crippen LogP contribution in [0.15, 0.2) is 0 Å². The van der Waals surface area contributed by atoms with Gasteiger partial charge in [0.15, 0.2) is 0 Å². The number of nitrogens with zero attached hydrogens (tertiary/aromatic N) is 1. The van der Waals surface area contributed by atoms with Gasteiger partial charge in [-0.3, -0.25) is 4.90 Å². The first-order valence-electron chi connectivity index (χ1n) is 4.78. The van der Waals surface area contributed by atoms with Crippen molar-refractivity contribution in [2.45, 2.75) is 32.7 Å². The molecule has 2 nitrogen and oxygen atoms in total. The SMILES string of the molecule is C1CN(C2CC2)CCO1.CC. The van der Waals surface area contributed by atoms with E-state index in [2.05, 4.69) is 4.90 Å². The maximum atomic E-state index is 5.24. The molecule has 0 bridgehead atoms. The van der Waals surface area contributed by atoms with Crippen LogP contribution in [0.25, 0.3) is 0 Å². The third-order valence-electron chi connectivity index (χ3n) is 2.11. The molecule has 1 saturated carbocycles. The second kappa shape index (κ2) is 4.73. The molecule has 1 aliphatic heterocycles. The Hall–Kier alpha value is -0.0800. The summed E-state index contributed by atoms with van der Waals surface area (Å²) in [5.41, 5.74) is 0. The molecule has 2 heteroatoms. The van der Waals surface area contributed by atoms with Crippen molar-refractivity contribution >= 4 is 0 Å². The van der Waals surface area contributed by atoms with Gasteiger partial charge in [-0.25, -0.2) is 0 Å². The Bertz CT molecular complexity index is 95.7. The molecule has 2 aliphatic rings. The van der Waals surface area contributed by atoms with E-state index in [4.69, 9.17) is 4.74 Å². The summed E-state index contributed by atoms with van der Waals surface area (Å²) in [5, 5.41) is 0. The Kier molecular flexibility index (Phi) is 3.87. The van der Waals surface area contributed by atoms with Crippen LogP contribution < -0.4 is 0 Å². The van der Waals surface area contributed by atoms with Crippen molar-refractivity contribution in [2.24, 2.45) is 0 Å². The fraction of sp³-hybridized carbons (Fsp3) is 1.00. The van der Waals surface area contributed by atoms with E-state index in [9.17, 15) is 0 Å². The van der Waals surface area contributed by atoms with Gasteiger partial charge in [0.2, 0.25) is 0 Å². The van der Waals surface area contributed by atoms with Gasteiger partial charge in [-0.2, -0.15) is 0 Å². The van der Waals surface area contributed by atoms with Gasteiger partial charge in [-0.15, -0.1) is 0 Å². The van der Waals surface area contributed by atoms with Crippen molar-refractivity contribution in [2.75, 3.05) is 26.3 Å². The first-order chi connectivity index (χ1) is 5.47. The highest BCUT2D eigenvalue weighted by Crippen LogP contribution is 2.26. The van der Waals surface area contributed by atoms with Crippen LogP contribution in [0.3, 0.4) is 0 Å². The number of hydrogen-bond donors (Lipinski definition) is 0. The third-order valence-corrected chi connectivity index (χ3v) is 2.11. The summed E-state index contributed by atoms with van der Waals surface area (Å²) in [4.78, 5) is 2.55. The van der Waals surface area contributed by atoms with Crippen molar-refractivity contribution in [3.05, 3.63) is 0 Å². The van der Waals surface area contributed by atoms with Gasteiger partial charge in [0.25, 0.3) is 0 Å². The largest absolute Gasteiger partial charge is 0.379 e. The molecule has 1 heterocycles. The molecular weight excluding hydrogens is 138 g/mol. The Morgan fingerprint density at radius 1 is 1.09 bits per heavy atom. The molecule has 0 aromatic carbocycles. The monoisotopic (exact) mass is 157 g/mol. The molecular formula is C9H19NO. The zero-order valence-electron chi connectivity index (χ0n) is 7.68. The zero-order chi connectivity index (χ0) is 8.10. The van der Waals surface area contributed by atoms with E-state index in [1.54, 1.807) is 0 Å². The maximum Gasteiger partial charge on any atom is 0.0594 e. The minimum absolute atomic E-state index is 0.939. The summed E-state index contributed by atoms with van der Waals surface area (Å²) in [6.07, 6.45) is 2.86. The third kappa shape index (κ3) is 2.80. The highest BCUT2D eigenvalue weighted by Gasteiger charge is 2.29. The normalized spacial score (nSPS) is 25.6. The first-order valence-corrected chi connectivity index (χ1v) is 4.78. The summed E-state index contributed by atoms with van der Waals surface area (Å²) >= 11 is 0. The van der Waals surface area contributed by atoms with Crippen LogP contribution in [0.5, 0.6) is 0 Å². The topological polar surface area (TPSA) is 12.5 Å². The molecule has 0 amide bonds. The molecule has 0 N–H and O–H groups in total. The number of hydrogen-bond acceptors (Lipinski definition) is 2. The van der Waals surface area contributed by atoms with Gasteiger partial charge in [0.05, 0.1) is 13.2 Å². The standard InChI is InChI=1S/C7H13NO.C2H6/c1-2-7(1)8-3-5-9-6-4-8;1-2/h7H,1-6H2;1-2H3. The highest BCUT2D eigenvalue weighted by atomic mass is 16.5. The van der Waals surface area contributed by atoms with E-state index in [-0.39, 0.29) is 0 Å². The minimum Gasteiger partial charge on any atom is -0.379 e. The lowest BCUT2D eigenvalue weighted by molar-refractivity contribution is 0.0340. The Labute approximate surface area is 69.5 Å². The minimum atomic E-state index is 0.939. The number of ether oxygens (including phenoxy) is 1. The lowest BCUT2D eigenvalue weighted by Crippen LogP contribution is -2.37. The second-order valence-electron chi connectivity index (χ2n) is 2.88. The Balaban J connectivity index is 0.000000281. The summed E-state index contributed by atoms with van der Waals surface area (Å²) in [7, 11) is 0. The molecule has 11 heavy (non-hydrogen) atoms. The molecule has 1 aliphatic carbocycles. The molecule has 66 valence electrons. The van der Waals surface area contributed by atoms with Crippen molar-refractivity contribution in [1.29, 1.82) is 0 Å². The molecule has 0 atom stereocenters. The van der Waals surface area contributed by atoms with Gasteiger partial charge in [0, 0.05) is 19.1 Å². The molecule has 0 spiro atoms. The van der Waals surface area contributed by atoms with Crippen LogP contribution in [-0.2, 0) is 4.74 Å². The van der Waals surface area contributed by atoms with Gasteiger partial charge < -0.3 is 4.74 Å². The van der Waals surface area contributed by atoms with E-state index in [0.717, 1.165) is 19.3 Å². The molecule has 2 rings (SSSR count). The first kappa shape index (κ1) is 9.01. The van der Waals surface area contributed by atoms with Gasteiger partial charge >= 0.3 is 0 Å². The molecule has 0 aromatic rings. The average Bonchev–Trinajstić information content (AvgIpc) is 2.92. The molecule has 0 aromatic heterocycles. The predicted octanol–water partition coefficient (Wildman–Crippen LogP) is 1.51. The Morgan fingerprint density at radius 3 is 2.09 bits per heavy atom. The maximum absolute atomic E-state index is 5.24. The summed E-state index contributed by atoms with van der Waals surface area (Å²) < 4.78 is 5.24. The van der Waals surface area contributed by atoms with Crippen LogP contribution in [0.2, 0.25) is 0 Å². The number of rotatable bonds is 1. The van der Waals surface area contributed by atoms with Crippen LogP contribution in [0.4, 0.5) is 0 Å². The van der Waals surface area contributed by atoms with E-state index in [1.165, 1.54) is 25.9 Å². The summed E-state index contributed by atoms with van der Waals surface area (Å²) in [6.45, 7) is 8.25. The summed E-state index contributed by atoms with van der Waals surface area (Å²) in [5.74, 6) is 0. The fourth-order valence-corrected chi connectivity index (χ4v) is 1.38. The summed E-state index contributed by atoms with van der Waals surface area (Å²) in [6, 6.07) is 0.939. The van der Waals surface area contributed by atoms with Crippen LogP contribution in [0, 0.1) is 0 Å². The molecule has 0 radical (unpaired) electrons. The van der Waals surface area contributed by atoms with E-state index < -0.39 is 0 Å². The van der Waals surface area contributed by atoms with E-state index >= 15 is 0 Å². The van der Waals surface area contributed by atoms with Crippen LogP contribution in [-0.4, -0.2) is 37.2 Å². The van der Waals surface area contributed by atoms with E-state index in [1.807, 2.05) is 13.8 Å². The highest BCUT2D eigenvalue weighted by molar-refractivity contribution is 4.85. The van der Waals surface area contributed by atoms with Crippen molar-refractivity contribution in [1.82, 2.24) is 4.90 Å². The zero-order valence-corrected chi connectivity index (χ0v) is 7.68. The van der Waals surface area contributed by atoms with Crippen molar-refractivity contribution < 1.29 is 4.74 Å². The molecule has 0 unspecified atom stereocenters. The fourth-order valence-electron chi connectivity index (χ4n) is 1.38. The van der Waals surface area contributed by atoms with Crippen molar-refractivity contribution in [3.8, 4) is 0 Å². The number of morpholine rings is 1. The van der Waals surface area contributed by atoms with E-state index in [0.29, 0.717) is 0 Å². The van der Waals surface area contributed by atoms with Gasteiger partial charge in [0.1, 0.15) is 0 Å². The van der Waals surface area contributed by atoms with Crippen LogP contribution in [0.1, 0.15) is 26.7 Å². The molecule has 1 saturated heterocycles. The quantitative estimate of drug-likeness (QED) is 0.572. The predicted molar refractivity (Wildman–Crippen MR) is 46.8 cm³/mol.